The number of amides is 2. The van der Waals surface area contributed by atoms with Gasteiger partial charge >= 0.3 is 0 Å². The molecular weight excluding hydrogens is 549 g/mol. The van der Waals surface area contributed by atoms with Gasteiger partial charge in [0.1, 0.15) is 5.75 Å². The molecule has 29 heavy (non-hydrogen) atoms. The Morgan fingerprint density at radius 2 is 1.86 bits per heavy atom. The monoisotopic (exact) mass is 563 g/mol. The van der Waals surface area contributed by atoms with E-state index in [-0.39, 0.29) is 24.0 Å². The zero-order valence-electron chi connectivity index (χ0n) is 15.5. The van der Waals surface area contributed by atoms with Crippen LogP contribution >= 0.6 is 55.1 Å². The molecule has 0 aliphatic heterocycles. The smallest absolute Gasteiger partial charge is 0.277 e. The van der Waals surface area contributed by atoms with Crippen molar-refractivity contribution in [2.45, 2.75) is 20.3 Å². The second-order valence-electron chi connectivity index (χ2n) is 6.03. The summed E-state index contributed by atoms with van der Waals surface area (Å²) >= 11 is 18.8. The first kappa shape index (κ1) is 23.7. The molecule has 0 saturated carbocycles. The Balaban J connectivity index is 1.84. The van der Waals surface area contributed by atoms with E-state index >= 15 is 0 Å². The Labute approximate surface area is 195 Å². The minimum Gasteiger partial charge on any atom is -0.483 e. The summed E-state index contributed by atoms with van der Waals surface area (Å²) in [5.41, 5.74) is 4.15. The third-order valence-electron chi connectivity index (χ3n) is 3.59. The summed E-state index contributed by atoms with van der Waals surface area (Å²) in [4.78, 5) is 24.0. The van der Waals surface area contributed by atoms with Crippen molar-refractivity contribution in [2.75, 3.05) is 11.9 Å². The Morgan fingerprint density at radius 3 is 2.59 bits per heavy atom. The number of hydrogen-bond acceptors (Lipinski definition) is 4. The molecule has 2 aromatic rings. The van der Waals surface area contributed by atoms with Crippen molar-refractivity contribution >= 4 is 78.3 Å². The van der Waals surface area contributed by atoms with Gasteiger partial charge < -0.3 is 10.1 Å². The largest absolute Gasteiger partial charge is 0.483 e. The molecule has 0 saturated heterocycles. The Morgan fingerprint density at radius 1 is 1.14 bits per heavy atom. The number of benzene rings is 2. The number of anilines is 1. The van der Waals surface area contributed by atoms with Crippen LogP contribution in [0.25, 0.3) is 0 Å². The highest BCUT2D eigenvalue weighted by Gasteiger charge is 2.11. The number of halogens is 4. The number of carbonyl (C=O) groups excluding carboxylic acids is 2. The molecule has 0 spiro atoms. The van der Waals surface area contributed by atoms with Crippen LogP contribution in [-0.2, 0) is 9.59 Å². The van der Waals surface area contributed by atoms with Gasteiger partial charge in [0, 0.05) is 10.2 Å². The number of hydrazone groups is 1. The topological polar surface area (TPSA) is 79.8 Å². The quantitative estimate of drug-likeness (QED) is 0.332. The van der Waals surface area contributed by atoms with Crippen molar-refractivity contribution in [3.63, 3.8) is 0 Å². The molecule has 6 nitrogen and oxygen atoms in total. The number of rotatable bonds is 7. The van der Waals surface area contributed by atoms with E-state index in [2.05, 4.69) is 47.7 Å². The summed E-state index contributed by atoms with van der Waals surface area (Å²) in [5, 5.41) is 7.16. The molecule has 0 atom stereocenters. The minimum absolute atomic E-state index is 0.0264. The molecule has 0 radical (unpaired) electrons. The summed E-state index contributed by atoms with van der Waals surface area (Å²) in [5.74, 6) is -0.246. The number of nitrogens with zero attached hydrogens (tertiary/aromatic N) is 1. The maximum atomic E-state index is 12.1. The van der Waals surface area contributed by atoms with Crippen LogP contribution in [0.1, 0.15) is 18.9 Å². The van der Waals surface area contributed by atoms with Crippen LogP contribution < -0.4 is 15.5 Å². The fraction of sp³-hybridized carbons (Fsp3) is 0.211. The van der Waals surface area contributed by atoms with Gasteiger partial charge in [0.2, 0.25) is 5.91 Å². The van der Waals surface area contributed by atoms with E-state index in [1.165, 1.54) is 0 Å². The SMILES string of the molecule is C/C(CC(=O)Nc1cccc(Cl)c1Cl)=N\NC(=O)COc1cc(C)c(Br)cc1Br. The first-order valence-electron chi connectivity index (χ1n) is 8.31. The van der Waals surface area contributed by atoms with Crippen LogP contribution in [0.15, 0.2) is 44.4 Å². The Kier molecular flexibility index (Phi) is 8.95. The zero-order chi connectivity index (χ0) is 21.6. The van der Waals surface area contributed by atoms with Crippen molar-refractivity contribution in [3.8, 4) is 5.75 Å². The summed E-state index contributed by atoms with van der Waals surface area (Å²) < 4.78 is 7.15. The predicted molar refractivity (Wildman–Crippen MR) is 123 cm³/mol. The van der Waals surface area contributed by atoms with Gasteiger partial charge in [0.15, 0.2) is 6.61 Å². The molecular formula is C19H17Br2Cl2N3O3. The van der Waals surface area contributed by atoms with Gasteiger partial charge in [-0.25, -0.2) is 5.43 Å². The van der Waals surface area contributed by atoms with Gasteiger partial charge in [-0.05, 0) is 59.6 Å². The first-order valence-corrected chi connectivity index (χ1v) is 10.7. The molecule has 0 aromatic heterocycles. The van der Waals surface area contributed by atoms with Gasteiger partial charge in [-0.15, -0.1) is 0 Å². The van der Waals surface area contributed by atoms with Gasteiger partial charge in [-0.2, -0.15) is 5.10 Å². The van der Waals surface area contributed by atoms with E-state index in [0.29, 0.717) is 22.2 Å². The van der Waals surface area contributed by atoms with E-state index < -0.39 is 5.91 Å². The standard InChI is InChI=1S/C19H17Br2Cl2N3O3/c1-10-6-16(13(21)8-12(10)20)29-9-18(28)26-25-11(2)7-17(27)24-15-5-3-4-14(22)19(15)23/h3-6,8H,7,9H2,1-2H3,(H,24,27)(H,26,28)/b25-11+. The molecule has 0 bridgehead atoms. The summed E-state index contributed by atoms with van der Waals surface area (Å²) in [6, 6.07) is 8.59. The van der Waals surface area contributed by atoms with E-state index in [1.54, 1.807) is 31.2 Å². The minimum atomic E-state index is -0.449. The van der Waals surface area contributed by atoms with Crippen molar-refractivity contribution in [1.29, 1.82) is 0 Å². The molecule has 2 N–H and O–H groups in total. The highest BCUT2D eigenvalue weighted by molar-refractivity contribution is 9.11. The predicted octanol–water partition coefficient (Wildman–Crippen LogP) is 5.73. The third kappa shape index (κ3) is 7.29. The lowest BCUT2D eigenvalue weighted by Crippen LogP contribution is -2.26. The van der Waals surface area contributed by atoms with E-state index in [1.807, 2.05) is 13.0 Å². The lowest BCUT2D eigenvalue weighted by molar-refractivity contribution is -0.123. The zero-order valence-corrected chi connectivity index (χ0v) is 20.2. The summed E-state index contributed by atoms with van der Waals surface area (Å²) in [6.45, 7) is 3.31. The van der Waals surface area contributed by atoms with Gasteiger partial charge in [0.25, 0.3) is 5.91 Å². The average molecular weight is 566 g/mol. The van der Waals surface area contributed by atoms with Crippen LogP contribution in [-0.4, -0.2) is 24.1 Å². The fourth-order valence-corrected chi connectivity index (χ4v) is 3.60. The number of aryl methyl sites for hydroxylation is 1. The molecule has 0 aliphatic rings. The molecule has 0 fully saturated rings. The van der Waals surface area contributed by atoms with Crippen molar-refractivity contribution in [3.05, 3.63) is 54.9 Å². The van der Waals surface area contributed by atoms with Crippen molar-refractivity contribution < 1.29 is 14.3 Å². The van der Waals surface area contributed by atoms with Crippen molar-refractivity contribution in [2.24, 2.45) is 5.10 Å². The molecule has 0 unspecified atom stereocenters. The number of hydrogen-bond donors (Lipinski definition) is 2. The fourth-order valence-electron chi connectivity index (χ4n) is 2.14. The lowest BCUT2D eigenvalue weighted by Gasteiger charge is -2.10. The molecule has 2 aromatic carbocycles. The van der Waals surface area contributed by atoms with Crippen LogP contribution in [0, 0.1) is 6.92 Å². The van der Waals surface area contributed by atoms with E-state index in [9.17, 15) is 9.59 Å². The molecule has 2 amide bonds. The van der Waals surface area contributed by atoms with Crippen LogP contribution in [0.4, 0.5) is 5.69 Å². The first-order chi connectivity index (χ1) is 13.7. The number of carbonyl (C=O) groups is 2. The van der Waals surface area contributed by atoms with Crippen LogP contribution in [0.3, 0.4) is 0 Å². The van der Waals surface area contributed by atoms with Crippen LogP contribution in [0.5, 0.6) is 5.75 Å². The Bertz CT molecular complexity index is 968. The van der Waals surface area contributed by atoms with Gasteiger partial charge in [-0.1, -0.05) is 45.2 Å². The average Bonchev–Trinajstić information content (AvgIpc) is 2.65. The maximum absolute atomic E-state index is 12.1. The van der Waals surface area contributed by atoms with Gasteiger partial charge in [0.05, 0.1) is 26.6 Å². The highest BCUT2D eigenvalue weighted by Crippen LogP contribution is 2.31. The normalized spacial score (nSPS) is 11.2. The summed E-state index contributed by atoms with van der Waals surface area (Å²) in [6.07, 6.45) is -0.0264. The second kappa shape index (κ2) is 11.0. The highest BCUT2D eigenvalue weighted by atomic mass is 79.9. The molecule has 154 valence electrons. The van der Waals surface area contributed by atoms with Gasteiger partial charge in [-0.3, -0.25) is 9.59 Å². The van der Waals surface area contributed by atoms with E-state index in [0.717, 1.165) is 14.5 Å². The Hall–Kier alpha value is -1.61. The maximum Gasteiger partial charge on any atom is 0.277 e. The molecule has 10 heteroatoms. The number of nitrogens with one attached hydrogen (secondary N) is 2. The second-order valence-corrected chi connectivity index (χ2v) is 8.52. The van der Waals surface area contributed by atoms with E-state index in [4.69, 9.17) is 27.9 Å². The lowest BCUT2D eigenvalue weighted by atomic mass is 10.2. The third-order valence-corrected chi connectivity index (χ3v) is 5.88. The van der Waals surface area contributed by atoms with Crippen molar-refractivity contribution in [1.82, 2.24) is 5.43 Å². The number of ether oxygens (including phenoxy) is 1. The molecule has 0 heterocycles. The molecule has 2 rings (SSSR count). The molecule has 0 aliphatic carbocycles. The summed E-state index contributed by atoms with van der Waals surface area (Å²) in [7, 11) is 0. The van der Waals surface area contributed by atoms with Crippen LogP contribution in [0.2, 0.25) is 10.0 Å².